The molecule has 1 atom stereocenters. The van der Waals surface area contributed by atoms with Gasteiger partial charge in [-0.15, -0.1) is 0 Å². The number of benzene rings is 1. The van der Waals surface area contributed by atoms with Gasteiger partial charge < -0.3 is 10.4 Å². The van der Waals surface area contributed by atoms with Gasteiger partial charge in [0.15, 0.2) is 0 Å². The molecule has 1 rings (SSSR count). The maximum atomic E-state index is 13.1. The molecule has 0 aliphatic carbocycles. The Kier molecular flexibility index (Phi) is 4.06. The summed E-state index contributed by atoms with van der Waals surface area (Å²) in [6.45, 7) is 4.61. The molecule has 1 amide bonds. The van der Waals surface area contributed by atoms with E-state index in [1.54, 1.807) is 19.9 Å². The van der Waals surface area contributed by atoms with Crippen LogP contribution < -0.4 is 5.32 Å². The number of hydrogen-bond donors (Lipinski definition) is 2. The highest BCUT2D eigenvalue weighted by Crippen LogP contribution is 2.24. The minimum absolute atomic E-state index is 0.431. The van der Waals surface area contributed by atoms with E-state index >= 15 is 0 Å². The predicted molar refractivity (Wildman–Crippen MR) is 64.7 cm³/mol. The zero-order chi connectivity index (χ0) is 13.9. The number of aliphatic carboxylic acids is 1. The Morgan fingerprint density at radius 3 is 2.50 bits per heavy atom. The zero-order valence-corrected chi connectivity index (χ0v) is 10.5. The second-order valence-electron chi connectivity index (χ2n) is 4.67. The van der Waals surface area contributed by atoms with Crippen LogP contribution in [0.3, 0.4) is 0 Å². The average molecular weight is 253 g/mol. The van der Waals surface area contributed by atoms with Crippen LogP contribution in [0.15, 0.2) is 24.3 Å². The van der Waals surface area contributed by atoms with Crippen molar-refractivity contribution in [1.29, 1.82) is 0 Å². The van der Waals surface area contributed by atoms with Gasteiger partial charge in [-0.25, -0.2) is 4.39 Å². The van der Waals surface area contributed by atoms with Gasteiger partial charge in [0, 0.05) is 0 Å². The van der Waals surface area contributed by atoms with Crippen molar-refractivity contribution in [2.24, 2.45) is 0 Å². The highest BCUT2D eigenvalue weighted by molar-refractivity contribution is 5.90. The molecule has 0 radical (unpaired) electrons. The van der Waals surface area contributed by atoms with Crippen LogP contribution in [0.1, 0.15) is 26.3 Å². The largest absolute Gasteiger partial charge is 0.480 e. The number of amides is 1. The van der Waals surface area contributed by atoms with Gasteiger partial charge in [-0.3, -0.25) is 9.59 Å². The standard InChI is InChI=1S/C13H16FNO3/c1-8(11(16)17)15-12(18)13(2,3)9-5-4-6-10(14)7-9/h4-8H,1-3H3,(H,15,18)(H,16,17). The fourth-order valence-corrected chi connectivity index (χ4v) is 1.45. The number of carbonyl (C=O) groups is 2. The van der Waals surface area contributed by atoms with Gasteiger partial charge in [0.25, 0.3) is 0 Å². The van der Waals surface area contributed by atoms with Crippen LogP contribution in [0.25, 0.3) is 0 Å². The van der Waals surface area contributed by atoms with E-state index in [4.69, 9.17) is 5.11 Å². The van der Waals surface area contributed by atoms with E-state index in [1.165, 1.54) is 25.1 Å². The topological polar surface area (TPSA) is 66.4 Å². The molecule has 18 heavy (non-hydrogen) atoms. The summed E-state index contributed by atoms with van der Waals surface area (Å²) < 4.78 is 13.1. The first kappa shape index (κ1) is 14.2. The summed E-state index contributed by atoms with van der Waals surface area (Å²) in [5, 5.41) is 11.1. The lowest BCUT2D eigenvalue weighted by atomic mass is 9.83. The molecule has 0 saturated carbocycles. The third-order valence-electron chi connectivity index (χ3n) is 2.83. The smallest absolute Gasteiger partial charge is 0.325 e. The van der Waals surface area contributed by atoms with Crippen LogP contribution >= 0.6 is 0 Å². The van der Waals surface area contributed by atoms with Crippen molar-refractivity contribution in [3.8, 4) is 0 Å². The summed E-state index contributed by atoms with van der Waals surface area (Å²) in [7, 11) is 0. The molecule has 0 aliphatic heterocycles. The number of carboxylic acids is 1. The van der Waals surface area contributed by atoms with E-state index < -0.39 is 29.2 Å². The summed E-state index contributed by atoms with van der Waals surface area (Å²) in [6, 6.07) is 4.72. The van der Waals surface area contributed by atoms with Crippen molar-refractivity contribution in [2.45, 2.75) is 32.2 Å². The van der Waals surface area contributed by atoms with Crippen molar-refractivity contribution < 1.29 is 19.1 Å². The number of carbonyl (C=O) groups excluding carboxylic acids is 1. The molecule has 0 saturated heterocycles. The molecule has 0 fully saturated rings. The minimum Gasteiger partial charge on any atom is -0.480 e. The lowest BCUT2D eigenvalue weighted by Gasteiger charge is -2.25. The van der Waals surface area contributed by atoms with Crippen molar-refractivity contribution in [3.05, 3.63) is 35.6 Å². The third kappa shape index (κ3) is 3.06. The van der Waals surface area contributed by atoms with Gasteiger partial charge >= 0.3 is 5.97 Å². The fraction of sp³-hybridized carbons (Fsp3) is 0.385. The van der Waals surface area contributed by atoms with E-state index in [1.807, 2.05) is 0 Å². The van der Waals surface area contributed by atoms with E-state index in [0.717, 1.165) is 0 Å². The second-order valence-corrected chi connectivity index (χ2v) is 4.67. The second kappa shape index (κ2) is 5.16. The van der Waals surface area contributed by atoms with Gasteiger partial charge in [0.2, 0.25) is 5.91 Å². The van der Waals surface area contributed by atoms with Crippen molar-refractivity contribution >= 4 is 11.9 Å². The van der Waals surface area contributed by atoms with Gasteiger partial charge in [-0.05, 0) is 38.5 Å². The Morgan fingerprint density at radius 1 is 1.39 bits per heavy atom. The summed E-state index contributed by atoms with van der Waals surface area (Å²) >= 11 is 0. The lowest BCUT2D eigenvalue weighted by Crippen LogP contribution is -2.47. The van der Waals surface area contributed by atoms with Crippen LogP contribution in [-0.4, -0.2) is 23.0 Å². The highest BCUT2D eigenvalue weighted by Gasteiger charge is 2.31. The normalized spacial score (nSPS) is 12.9. The van der Waals surface area contributed by atoms with E-state index in [-0.39, 0.29) is 0 Å². The number of hydrogen-bond acceptors (Lipinski definition) is 2. The van der Waals surface area contributed by atoms with Gasteiger partial charge in [-0.1, -0.05) is 12.1 Å². The van der Waals surface area contributed by atoms with E-state index in [9.17, 15) is 14.0 Å². The number of halogens is 1. The molecule has 0 spiro atoms. The van der Waals surface area contributed by atoms with Crippen molar-refractivity contribution in [3.63, 3.8) is 0 Å². The van der Waals surface area contributed by atoms with Crippen LogP contribution in [0, 0.1) is 5.82 Å². The van der Waals surface area contributed by atoms with Crippen LogP contribution in [0.5, 0.6) is 0 Å². The quantitative estimate of drug-likeness (QED) is 0.858. The van der Waals surface area contributed by atoms with E-state index in [0.29, 0.717) is 5.56 Å². The third-order valence-corrected chi connectivity index (χ3v) is 2.83. The maximum absolute atomic E-state index is 13.1. The Balaban J connectivity index is 2.92. The van der Waals surface area contributed by atoms with Crippen LogP contribution in [-0.2, 0) is 15.0 Å². The summed E-state index contributed by atoms with van der Waals surface area (Å²) in [5.41, 5.74) is -0.496. The molecular formula is C13H16FNO3. The molecule has 2 N–H and O–H groups in total. The summed E-state index contributed by atoms with van der Waals surface area (Å²) in [6.07, 6.45) is 0. The molecule has 1 unspecified atom stereocenters. The Hall–Kier alpha value is -1.91. The molecular weight excluding hydrogens is 237 g/mol. The summed E-state index contributed by atoms with van der Waals surface area (Å²) in [5.74, 6) is -2.00. The molecule has 0 aliphatic rings. The monoisotopic (exact) mass is 253 g/mol. The average Bonchev–Trinajstić information content (AvgIpc) is 2.28. The fourth-order valence-electron chi connectivity index (χ4n) is 1.45. The van der Waals surface area contributed by atoms with Crippen LogP contribution in [0.4, 0.5) is 4.39 Å². The summed E-state index contributed by atoms with van der Waals surface area (Å²) in [4.78, 5) is 22.7. The molecule has 1 aromatic rings. The maximum Gasteiger partial charge on any atom is 0.325 e. The van der Waals surface area contributed by atoms with Gasteiger partial charge in [-0.2, -0.15) is 0 Å². The van der Waals surface area contributed by atoms with E-state index in [2.05, 4.69) is 5.32 Å². The van der Waals surface area contributed by atoms with Crippen LogP contribution in [0.2, 0.25) is 0 Å². The first-order chi connectivity index (χ1) is 8.25. The first-order valence-corrected chi connectivity index (χ1v) is 5.55. The Labute approximate surface area is 105 Å². The molecule has 98 valence electrons. The highest BCUT2D eigenvalue weighted by atomic mass is 19.1. The lowest BCUT2D eigenvalue weighted by molar-refractivity contribution is -0.142. The zero-order valence-electron chi connectivity index (χ0n) is 10.5. The van der Waals surface area contributed by atoms with Crippen molar-refractivity contribution in [2.75, 3.05) is 0 Å². The number of rotatable bonds is 4. The van der Waals surface area contributed by atoms with Gasteiger partial charge in [0.1, 0.15) is 11.9 Å². The minimum atomic E-state index is -1.11. The SMILES string of the molecule is CC(NC(=O)C(C)(C)c1cccc(F)c1)C(=O)O. The molecule has 4 nitrogen and oxygen atoms in total. The molecule has 5 heteroatoms. The molecule has 0 heterocycles. The van der Waals surface area contributed by atoms with Crippen molar-refractivity contribution in [1.82, 2.24) is 5.32 Å². The molecule has 0 aromatic heterocycles. The van der Waals surface area contributed by atoms with Gasteiger partial charge in [0.05, 0.1) is 5.41 Å². The number of nitrogens with one attached hydrogen (secondary N) is 1. The molecule has 0 bridgehead atoms. The molecule has 1 aromatic carbocycles. The number of carboxylic acid groups (broad SMARTS) is 1. The Morgan fingerprint density at radius 2 is 2.00 bits per heavy atom. The first-order valence-electron chi connectivity index (χ1n) is 5.55. The predicted octanol–water partition coefficient (Wildman–Crippen LogP) is 1.69. The Bertz CT molecular complexity index is 471.